The molecule has 1 saturated heterocycles. The second-order valence-corrected chi connectivity index (χ2v) is 6.80. The maximum Gasteiger partial charge on any atom is 0.354 e. The minimum atomic E-state index is -0.696. The summed E-state index contributed by atoms with van der Waals surface area (Å²) in [5.41, 5.74) is -0.344. The van der Waals surface area contributed by atoms with Gasteiger partial charge < -0.3 is 19.4 Å². The highest BCUT2D eigenvalue weighted by atomic mass is 32.2. The van der Waals surface area contributed by atoms with Crippen LogP contribution in [0.3, 0.4) is 0 Å². The lowest BCUT2D eigenvalue weighted by Crippen LogP contribution is -2.29. The number of aromatic nitrogens is 1. The van der Waals surface area contributed by atoms with E-state index in [1.807, 2.05) is 0 Å². The second-order valence-electron chi connectivity index (χ2n) is 5.80. The number of pyridine rings is 1. The average molecular weight is 402 g/mol. The Bertz CT molecular complexity index is 1010. The number of carbonyl (C=O) groups is 3. The van der Waals surface area contributed by atoms with Crippen molar-refractivity contribution in [3.8, 4) is 0 Å². The van der Waals surface area contributed by atoms with Crippen molar-refractivity contribution in [2.45, 2.75) is 6.92 Å². The summed E-state index contributed by atoms with van der Waals surface area (Å²) in [5, 5.41) is 1.56. The Morgan fingerprint density at radius 2 is 2.04 bits per heavy atom. The van der Waals surface area contributed by atoms with Crippen molar-refractivity contribution >= 4 is 40.4 Å². The zero-order chi connectivity index (χ0) is 20.1. The third-order valence-electron chi connectivity index (χ3n) is 3.96. The summed E-state index contributed by atoms with van der Waals surface area (Å²) in [4.78, 5) is 51.8. The zero-order valence-corrected chi connectivity index (χ0v) is 15.9. The van der Waals surface area contributed by atoms with Crippen molar-refractivity contribution in [1.29, 1.82) is 0 Å². The van der Waals surface area contributed by atoms with Gasteiger partial charge in [0.2, 0.25) is 5.91 Å². The molecule has 0 radical (unpaired) electrons. The average Bonchev–Trinajstić information content (AvgIpc) is 3.01. The van der Waals surface area contributed by atoms with E-state index in [9.17, 15) is 19.2 Å². The van der Waals surface area contributed by atoms with Crippen molar-refractivity contribution in [3.05, 3.63) is 57.5 Å². The number of hydrogen-bond donors (Lipinski definition) is 1. The van der Waals surface area contributed by atoms with Gasteiger partial charge in [0.1, 0.15) is 12.3 Å². The summed E-state index contributed by atoms with van der Waals surface area (Å²) >= 11 is 1.22. The maximum atomic E-state index is 12.3. The summed E-state index contributed by atoms with van der Waals surface area (Å²) in [6.45, 7) is 1.95. The largest absolute Gasteiger partial charge is 0.463 e. The predicted molar refractivity (Wildman–Crippen MR) is 104 cm³/mol. The molecule has 146 valence electrons. The molecule has 1 amide bonds. The highest BCUT2D eigenvalue weighted by Gasteiger charge is 2.27. The molecule has 0 bridgehead atoms. The number of rotatable bonds is 6. The van der Waals surface area contributed by atoms with Crippen LogP contribution in [0.25, 0.3) is 10.8 Å². The van der Waals surface area contributed by atoms with Gasteiger partial charge in [0, 0.05) is 5.39 Å². The van der Waals surface area contributed by atoms with Gasteiger partial charge in [-0.15, -0.1) is 0 Å². The summed E-state index contributed by atoms with van der Waals surface area (Å²) in [6.07, 6.45) is 1.25. The highest BCUT2D eigenvalue weighted by molar-refractivity contribution is 8.04. The SMILES string of the molecule is CCOC(=O)/C=C1\SCC(=O)N1CCOC(=O)c1cc2ccccc2c(=O)[nH]1. The molecule has 1 fully saturated rings. The van der Waals surface area contributed by atoms with E-state index in [0.29, 0.717) is 15.8 Å². The van der Waals surface area contributed by atoms with E-state index >= 15 is 0 Å². The number of amides is 1. The number of fused-ring (bicyclic) bond motifs is 1. The molecule has 1 aliphatic rings. The molecule has 0 aliphatic carbocycles. The van der Waals surface area contributed by atoms with Crippen molar-refractivity contribution < 1.29 is 23.9 Å². The molecule has 28 heavy (non-hydrogen) atoms. The number of carbonyl (C=O) groups excluding carboxylic acids is 3. The molecule has 8 nitrogen and oxygen atoms in total. The number of hydrogen-bond acceptors (Lipinski definition) is 7. The molecule has 3 rings (SSSR count). The van der Waals surface area contributed by atoms with Crippen molar-refractivity contribution in [2.24, 2.45) is 0 Å². The van der Waals surface area contributed by atoms with Crippen LogP contribution >= 0.6 is 11.8 Å². The van der Waals surface area contributed by atoms with Gasteiger partial charge in [-0.3, -0.25) is 9.59 Å². The molecular formula is C19H18N2O6S. The molecule has 0 unspecified atom stereocenters. The van der Waals surface area contributed by atoms with Crippen LogP contribution < -0.4 is 5.56 Å². The first-order chi connectivity index (χ1) is 13.5. The van der Waals surface area contributed by atoms with Gasteiger partial charge in [-0.25, -0.2) is 9.59 Å². The van der Waals surface area contributed by atoms with E-state index in [2.05, 4.69) is 4.98 Å². The van der Waals surface area contributed by atoms with Crippen LogP contribution in [-0.2, 0) is 19.1 Å². The van der Waals surface area contributed by atoms with E-state index < -0.39 is 11.9 Å². The molecule has 1 aromatic heterocycles. The van der Waals surface area contributed by atoms with Crippen molar-refractivity contribution in [3.63, 3.8) is 0 Å². The molecule has 1 N–H and O–H groups in total. The monoisotopic (exact) mass is 402 g/mol. The Labute approximate surface area is 164 Å². The number of nitrogens with zero attached hydrogens (tertiary/aromatic N) is 1. The van der Waals surface area contributed by atoms with E-state index in [0.717, 1.165) is 0 Å². The topological polar surface area (TPSA) is 106 Å². The lowest BCUT2D eigenvalue weighted by atomic mass is 10.1. The van der Waals surface area contributed by atoms with E-state index in [4.69, 9.17) is 9.47 Å². The summed E-state index contributed by atoms with van der Waals surface area (Å²) < 4.78 is 10.0. The highest BCUT2D eigenvalue weighted by Crippen LogP contribution is 2.28. The third-order valence-corrected chi connectivity index (χ3v) is 4.99. The van der Waals surface area contributed by atoms with Crippen LogP contribution in [0.4, 0.5) is 0 Å². The number of nitrogens with one attached hydrogen (secondary N) is 1. The van der Waals surface area contributed by atoms with Crippen LogP contribution in [0.1, 0.15) is 17.4 Å². The second kappa shape index (κ2) is 8.75. The summed E-state index contributed by atoms with van der Waals surface area (Å²) in [6, 6.07) is 8.44. The lowest BCUT2D eigenvalue weighted by Gasteiger charge is -2.16. The Hall–Kier alpha value is -3.07. The minimum Gasteiger partial charge on any atom is -0.463 e. The molecule has 1 aliphatic heterocycles. The van der Waals surface area contributed by atoms with Crippen LogP contribution in [-0.4, -0.2) is 53.2 Å². The standard InChI is InChI=1S/C19H18N2O6S/c1-2-26-17(23)10-16-21(15(22)11-28-16)7-8-27-19(25)14-9-12-5-3-4-6-13(12)18(24)20-14/h3-6,9-10H,2,7-8,11H2,1H3,(H,20,24)/b16-10-. The molecule has 0 saturated carbocycles. The van der Waals surface area contributed by atoms with Gasteiger partial charge in [-0.05, 0) is 24.4 Å². The maximum absolute atomic E-state index is 12.3. The van der Waals surface area contributed by atoms with Gasteiger partial charge in [0.15, 0.2) is 0 Å². The molecule has 9 heteroatoms. The number of esters is 2. The first kappa shape index (κ1) is 19.7. The third kappa shape index (κ3) is 4.42. The molecule has 0 atom stereocenters. The fourth-order valence-corrected chi connectivity index (χ4v) is 3.64. The fourth-order valence-electron chi connectivity index (χ4n) is 2.68. The van der Waals surface area contributed by atoms with Gasteiger partial charge in [-0.1, -0.05) is 30.0 Å². The number of ether oxygens (including phenoxy) is 2. The first-order valence-corrected chi connectivity index (χ1v) is 9.59. The lowest BCUT2D eigenvalue weighted by molar-refractivity contribution is -0.137. The molecule has 1 aromatic carbocycles. The predicted octanol–water partition coefficient (Wildman–Crippen LogP) is 1.66. The minimum absolute atomic E-state index is 0.0353. The molecule has 2 heterocycles. The van der Waals surface area contributed by atoms with E-state index in [1.165, 1.54) is 22.7 Å². The van der Waals surface area contributed by atoms with Crippen LogP contribution in [0.5, 0.6) is 0 Å². The van der Waals surface area contributed by atoms with Crippen molar-refractivity contribution in [2.75, 3.05) is 25.5 Å². The van der Waals surface area contributed by atoms with Gasteiger partial charge in [0.05, 0.1) is 30.0 Å². The van der Waals surface area contributed by atoms with Gasteiger partial charge >= 0.3 is 11.9 Å². The normalized spacial score (nSPS) is 15.2. The smallest absolute Gasteiger partial charge is 0.354 e. The molecular weight excluding hydrogens is 384 g/mol. The van der Waals surface area contributed by atoms with Gasteiger partial charge in [-0.2, -0.15) is 0 Å². The zero-order valence-electron chi connectivity index (χ0n) is 15.1. The number of H-pyrrole nitrogens is 1. The first-order valence-electron chi connectivity index (χ1n) is 8.60. The summed E-state index contributed by atoms with van der Waals surface area (Å²) in [5.74, 6) is -1.21. The Kier molecular flexibility index (Phi) is 6.15. The molecule has 2 aromatic rings. The van der Waals surface area contributed by atoms with Crippen LogP contribution in [0, 0.1) is 0 Å². The Morgan fingerprint density at radius 1 is 1.25 bits per heavy atom. The number of benzene rings is 1. The van der Waals surface area contributed by atoms with Crippen LogP contribution in [0.15, 0.2) is 46.2 Å². The molecule has 0 spiro atoms. The summed E-state index contributed by atoms with van der Waals surface area (Å²) in [7, 11) is 0. The van der Waals surface area contributed by atoms with Crippen LogP contribution in [0.2, 0.25) is 0 Å². The fraction of sp³-hybridized carbons (Fsp3) is 0.263. The van der Waals surface area contributed by atoms with Crippen molar-refractivity contribution in [1.82, 2.24) is 9.88 Å². The quantitative estimate of drug-likeness (QED) is 0.579. The number of thioether (sulfide) groups is 1. The van der Waals surface area contributed by atoms with E-state index in [1.54, 1.807) is 37.3 Å². The Morgan fingerprint density at radius 3 is 2.82 bits per heavy atom. The van der Waals surface area contributed by atoms with E-state index in [-0.39, 0.29) is 42.7 Å². The Balaban J connectivity index is 1.64. The number of aromatic amines is 1. The van der Waals surface area contributed by atoms with Gasteiger partial charge in [0.25, 0.3) is 5.56 Å².